The van der Waals surface area contributed by atoms with Gasteiger partial charge in [0.25, 0.3) is 5.91 Å². The van der Waals surface area contributed by atoms with E-state index in [-0.39, 0.29) is 11.9 Å². The van der Waals surface area contributed by atoms with Gasteiger partial charge in [-0.2, -0.15) is 0 Å². The summed E-state index contributed by atoms with van der Waals surface area (Å²) in [6.07, 6.45) is 1.92. The van der Waals surface area contributed by atoms with Gasteiger partial charge in [-0.25, -0.2) is 0 Å². The average molecular weight is 279 g/mol. The lowest BCUT2D eigenvalue weighted by Gasteiger charge is -2.32. The molecule has 0 atom stereocenters. The van der Waals surface area contributed by atoms with Crippen LogP contribution in [0.5, 0.6) is 0 Å². The van der Waals surface area contributed by atoms with Crippen LogP contribution >= 0.6 is 11.6 Å². The molecule has 4 heteroatoms. The summed E-state index contributed by atoms with van der Waals surface area (Å²) in [5.74, 6) is 0.0146. The fourth-order valence-electron chi connectivity index (χ4n) is 2.34. The molecule has 1 aliphatic rings. The number of nitrogens with zero attached hydrogens (tertiary/aromatic N) is 1. The highest BCUT2D eigenvalue weighted by Crippen LogP contribution is 2.13. The molecule has 2 rings (SSSR count). The van der Waals surface area contributed by atoms with Crippen molar-refractivity contribution in [1.29, 1.82) is 0 Å². The highest BCUT2D eigenvalue weighted by atomic mass is 35.5. The fraction of sp³-hybridized carbons (Fsp3) is 0.400. The van der Waals surface area contributed by atoms with Crippen molar-refractivity contribution in [2.45, 2.75) is 18.9 Å². The van der Waals surface area contributed by atoms with E-state index >= 15 is 0 Å². The van der Waals surface area contributed by atoms with Crippen LogP contribution in [0, 0.1) is 0 Å². The van der Waals surface area contributed by atoms with Crippen LogP contribution in [0.25, 0.3) is 0 Å². The molecule has 0 bridgehead atoms. The second-order valence-corrected chi connectivity index (χ2v) is 5.44. The highest BCUT2D eigenvalue weighted by Gasteiger charge is 2.20. The molecule has 1 fully saturated rings. The van der Waals surface area contributed by atoms with Gasteiger partial charge >= 0.3 is 0 Å². The Morgan fingerprint density at radius 1 is 1.32 bits per heavy atom. The van der Waals surface area contributed by atoms with Crippen molar-refractivity contribution in [2.75, 3.05) is 19.6 Å². The van der Waals surface area contributed by atoms with Crippen molar-refractivity contribution in [3.63, 3.8) is 0 Å². The second kappa shape index (κ2) is 6.73. The summed E-state index contributed by atoms with van der Waals surface area (Å²) in [5, 5.41) is 3.76. The first-order chi connectivity index (χ1) is 9.15. The average Bonchev–Trinajstić information content (AvgIpc) is 2.41. The van der Waals surface area contributed by atoms with Gasteiger partial charge in [-0.05, 0) is 25.0 Å². The summed E-state index contributed by atoms with van der Waals surface area (Å²) in [6, 6.07) is 9.60. The van der Waals surface area contributed by atoms with Crippen LogP contribution in [-0.2, 0) is 0 Å². The molecule has 0 radical (unpaired) electrons. The Labute approximate surface area is 119 Å². The molecule has 1 aliphatic heterocycles. The number of benzene rings is 1. The van der Waals surface area contributed by atoms with E-state index in [2.05, 4.69) is 16.8 Å². The first-order valence-corrected chi connectivity index (χ1v) is 6.94. The van der Waals surface area contributed by atoms with Crippen molar-refractivity contribution in [2.24, 2.45) is 0 Å². The van der Waals surface area contributed by atoms with Crippen LogP contribution < -0.4 is 5.32 Å². The largest absolute Gasteiger partial charge is 0.349 e. The molecule has 1 aromatic rings. The number of hydrogen-bond donors (Lipinski definition) is 1. The quantitative estimate of drug-likeness (QED) is 0.918. The molecule has 0 aliphatic carbocycles. The summed E-state index contributed by atoms with van der Waals surface area (Å²) in [7, 11) is 0. The van der Waals surface area contributed by atoms with Gasteiger partial charge in [0.05, 0.1) is 0 Å². The van der Waals surface area contributed by atoms with Crippen LogP contribution in [0.15, 0.2) is 41.9 Å². The number of piperidine rings is 1. The molecule has 0 unspecified atom stereocenters. The first-order valence-electron chi connectivity index (χ1n) is 6.56. The molecule has 1 saturated heterocycles. The van der Waals surface area contributed by atoms with E-state index in [9.17, 15) is 4.79 Å². The molecule has 19 heavy (non-hydrogen) atoms. The fourth-order valence-corrected chi connectivity index (χ4v) is 2.51. The molecule has 1 amide bonds. The Hall–Kier alpha value is -1.32. The van der Waals surface area contributed by atoms with E-state index in [0.717, 1.165) is 38.0 Å². The Bertz CT molecular complexity index is 439. The van der Waals surface area contributed by atoms with Crippen molar-refractivity contribution in [3.8, 4) is 0 Å². The van der Waals surface area contributed by atoms with Gasteiger partial charge < -0.3 is 5.32 Å². The third-order valence-corrected chi connectivity index (χ3v) is 3.47. The molecule has 0 saturated carbocycles. The van der Waals surface area contributed by atoms with E-state index in [4.69, 9.17) is 11.6 Å². The molecular weight excluding hydrogens is 260 g/mol. The van der Waals surface area contributed by atoms with Gasteiger partial charge in [0.2, 0.25) is 0 Å². The number of amides is 1. The van der Waals surface area contributed by atoms with Gasteiger partial charge in [-0.1, -0.05) is 36.4 Å². The third kappa shape index (κ3) is 4.37. The van der Waals surface area contributed by atoms with Crippen LogP contribution in [0.4, 0.5) is 0 Å². The number of carbonyl (C=O) groups excluding carboxylic acids is 1. The second-order valence-electron chi connectivity index (χ2n) is 4.91. The smallest absolute Gasteiger partial charge is 0.251 e. The van der Waals surface area contributed by atoms with Crippen LogP contribution in [-0.4, -0.2) is 36.5 Å². The van der Waals surface area contributed by atoms with Crippen molar-refractivity contribution < 1.29 is 4.79 Å². The zero-order chi connectivity index (χ0) is 13.7. The summed E-state index contributed by atoms with van der Waals surface area (Å²) in [4.78, 5) is 14.3. The normalized spacial score (nSPS) is 17.1. The zero-order valence-electron chi connectivity index (χ0n) is 10.9. The van der Waals surface area contributed by atoms with E-state index < -0.39 is 0 Å². The molecule has 102 valence electrons. The van der Waals surface area contributed by atoms with Gasteiger partial charge in [0, 0.05) is 36.3 Å². The number of rotatable bonds is 4. The van der Waals surface area contributed by atoms with Gasteiger partial charge in [-0.15, -0.1) is 0 Å². The molecule has 3 nitrogen and oxygen atoms in total. The predicted molar refractivity (Wildman–Crippen MR) is 78.4 cm³/mol. The van der Waals surface area contributed by atoms with Crippen LogP contribution in [0.2, 0.25) is 0 Å². The van der Waals surface area contributed by atoms with Gasteiger partial charge in [-0.3, -0.25) is 9.69 Å². The Balaban J connectivity index is 1.80. The standard InChI is InChI=1S/C15H19ClN2O/c1-12(16)11-18-9-7-14(8-10-18)17-15(19)13-5-3-2-4-6-13/h2-6,14H,1,7-11H2,(H,17,19). The Morgan fingerprint density at radius 3 is 2.53 bits per heavy atom. The zero-order valence-corrected chi connectivity index (χ0v) is 11.7. The minimum Gasteiger partial charge on any atom is -0.349 e. The summed E-state index contributed by atoms with van der Waals surface area (Å²) >= 11 is 5.81. The topological polar surface area (TPSA) is 32.3 Å². The Kier molecular flexibility index (Phi) is 5.00. The molecule has 1 heterocycles. The minimum atomic E-state index is 0.0146. The third-order valence-electron chi connectivity index (χ3n) is 3.35. The predicted octanol–water partition coefficient (Wildman–Crippen LogP) is 2.63. The lowest BCUT2D eigenvalue weighted by atomic mass is 10.0. The molecule has 0 aromatic heterocycles. The number of nitrogens with one attached hydrogen (secondary N) is 1. The summed E-state index contributed by atoms with van der Waals surface area (Å²) in [5.41, 5.74) is 0.721. The van der Waals surface area contributed by atoms with Crippen molar-refractivity contribution in [3.05, 3.63) is 47.5 Å². The SMILES string of the molecule is C=C(Cl)CN1CCC(NC(=O)c2ccccc2)CC1. The maximum Gasteiger partial charge on any atom is 0.251 e. The molecule has 0 spiro atoms. The lowest BCUT2D eigenvalue weighted by molar-refractivity contribution is 0.0914. The molecular formula is C15H19ClN2O. The highest BCUT2D eigenvalue weighted by molar-refractivity contribution is 6.29. The molecule has 1 N–H and O–H groups in total. The number of likely N-dealkylation sites (tertiary alicyclic amines) is 1. The minimum absolute atomic E-state index is 0.0146. The number of halogens is 1. The van der Waals surface area contributed by atoms with Crippen LogP contribution in [0.1, 0.15) is 23.2 Å². The molecule has 1 aromatic carbocycles. The number of carbonyl (C=O) groups is 1. The number of hydrogen-bond acceptors (Lipinski definition) is 2. The van der Waals surface area contributed by atoms with E-state index in [1.54, 1.807) is 0 Å². The van der Waals surface area contributed by atoms with Gasteiger partial charge in [0.1, 0.15) is 0 Å². The maximum atomic E-state index is 12.0. The monoisotopic (exact) mass is 278 g/mol. The Morgan fingerprint density at radius 2 is 1.95 bits per heavy atom. The van der Waals surface area contributed by atoms with E-state index in [0.29, 0.717) is 5.03 Å². The van der Waals surface area contributed by atoms with E-state index in [1.165, 1.54) is 0 Å². The van der Waals surface area contributed by atoms with Crippen LogP contribution in [0.3, 0.4) is 0 Å². The first kappa shape index (κ1) is 14.1. The van der Waals surface area contributed by atoms with Crippen molar-refractivity contribution in [1.82, 2.24) is 10.2 Å². The van der Waals surface area contributed by atoms with Crippen molar-refractivity contribution >= 4 is 17.5 Å². The maximum absolute atomic E-state index is 12.0. The lowest BCUT2D eigenvalue weighted by Crippen LogP contribution is -2.44. The van der Waals surface area contributed by atoms with Gasteiger partial charge in [0.15, 0.2) is 0 Å². The van der Waals surface area contributed by atoms with E-state index in [1.807, 2.05) is 30.3 Å². The summed E-state index contributed by atoms with van der Waals surface area (Å²) in [6.45, 7) is 6.35. The summed E-state index contributed by atoms with van der Waals surface area (Å²) < 4.78 is 0.